The molecule has 168 valence electrons. The fraction of sp³-hybridized carbons (Fsp3) is 0.400. The highest BCUT2D eigenvalue weighted by Crippen LogP contribution is 2.44. The average molecular weight is 437 g/mol. The van der Waals surface area contributed by atoms with Crippen LogP contribution in [-0.2, 0) is 14.3 Å². The standard InChI is InChI=1S/C25H28N2O5/c28-23(27-14-6-5-7-17(27)15-24(29)30)12-13-26-25(31)32-16-22-20-10-3-1-8-18(20)19-9-2-4-11-21(19)22/h1-4,8-11,17,22H,5-7,12-16H2,(H,26,31)(H,29,30)/t17-/m0/s1. The first-order valence-corrected chi connectivity index (χ1v) is 11.1. The predicted octanol–water partition coefficient (Wildman–Crippen LogP) is 3.77. The second-order valence-electron chi connectivity index (χ2n) is 8.34. The van der Waals surface area contributed by atoms with Crippen molar-refractivity contribution in [2.24, 2.45) is 0 Å². The maximum absolute atomic E-state index is 12.6. The lowest BCUT2D eigenvalue weighted by molar-refractivity contribution is -0.141. The van der Waals surface area contributed by atoms with Crippen molar-refractivity contribution in [1.82, 2.24) is 10.2 Å². The number of fused-ring (bicyclic) bond motifs is 3. The average Bonchev–Trinajstić information content (AvgIpc) is 3.11. The van der Waals surface area contributed by atoms with Crippen molar-refractivity contribution in [3.8, 4) is 11.1 Å². The summed E-state index contributed by atoms with van der Waals surface area (Å²) in [6.45, 7) is 0.953. The van der Waals surface area contributed by atoms with Crippen molar-refractivity contribution in [3.05, 3.63) is 59.7 Å². The van der Waals surface area contributed by atoms with E-state index in [4.69, 9.17) is 9.84 Å². The molecule has 4 rings (SSSR count). The Labute approximate surface area is 187 Å². The van der Waals surface area contributed by atoms with Gasteiger partial charge in [-0.15, -0.1) is 0 Å². The Morgan fingerprint density at radius 1 is 1.00 bits per heavy atom. The van der Waals surface area contributed by atoms with E-state index in [0.717, 1.165) is 24.0 Å². The number of rotatable bonds is 7. The zero-order chi connectivity index (χ0) is 22.5. The summed E-state index contributed by atoms with van der Waals surface area (Å²) in [6, 6.07) is 16.0. The van der Waals surface area contributed by atoms with Crippen molar-refractivity contribution < 1.29 is 24.2 Å². The minimum absolute atomic E-state index is 0.0140. The normalized spacial score (nSPS) is 17.4. The molecule has 2 amide bonds. The van der Waals surface area contributed by atoms with Crippen LogP contribution in [0.5, 0.6) is 0 Å². The first-order valence-electron chi connectivity index (χ1n) is 11.1. The maximum Gasteiger partial charge on any atom is 0.407 e. The Kier molecular flexibility index (Phi) is 6.73. The van der Waals surface area contributed by atoms with Crippen LogP contribution in [0.3, 0.4) is 0 Å². The van der Waals surface area contributed by atoms with E-state index >= 15 is 0 Å². The van der Waals surface area contributed by atoms with E-state index in [1.54, 1.807) is 4.90 Å². The zero-order valence-electron chi connectivity index (χ0n) is 18.0. The molecule has 1 aliphatic heterocycles. The number of benzene rings is 2. The van der Waals surface area contributed by atoms with Crippen LogP contribution >= 0.6 is 0 Å². The largest absolute Gasteiger partial charge is 0.481 e. The number of hydrogen-bond donors (Lipinski definition) is 2. The van der Waals surface area contributed by atoms with Crippen LogP contribution in [0.4, 0.5) is 4.79 Å². The lowest BCUT2D eigenvalue weighted by atomic mass is 9.98. The summed E-state index contributed by atoms with van der Waals surface area (Å²) >= 11 is 0. The number of carbonyl (C=O) groups excluding carboxylic acids is 2. The molecule has 2 aliphatic rings. The third-order valence-electron chi connectivity index (χ3n) is 6.31. The summed E-state index contributed by atoms with van der Waals surface area (Å²) < 4.78 is 5.49. The minimum atomic E-state index is -0.897. The van der Waals surface area contributed by atoms with Crippen LogP contribution in [0.15, 0.2) is 48.5 Å². The third kappa shape index (κ3) is 4.77. The molecule has 0 aromatic heterocycles. The van der Waals surface area contributed by atoms with Crippen LogP contribution < -0.4 is 5.32 Å². The molecule has 1 aliphatic carbocycles. The van der Waals surface area contributed by atoms with Gasteiger partial charge in [-0.25, -0.2) is 4.79 Å². The summed E-state index contributed by atoms with van der Waals surface area (Å²) in [5.41, 5.74) is 4.62. The molecule has 1 saturated heterocycles. The topological polar surface area (TPSA) is 95.9 Å². The Hall–Kier alpha value is -3.35. The smallest absolute Gasteiger partial charge is 0.407 e. The molecule has 32 heavy (non-hydrogen) atoms. The van der Waals surface area contributed by atoms with Gasteiger partial charge in [0.15, 0.2) is 0 Å². The van der Waals surface area contributed by atoms with Gasteiger partial charge in [0, 0.05) is 31.5 Å². The molecule has 1 heterocycles. The molecule has 0 radical (unpaired) electrons. The minimum Gasteiger partial charge on any atom is -0.481 e. The molecule has 2 aromatic rings. The molecular weight excluding hydrogens is 408 g/mol. The van der Waals surface area contributed by atoms with E-state index in [1.807, 2.05) is 24.3 Å². The summed E-state index contributed by atoms with van der Waals surface area (Å²) in [6.07, 6.45) is 2.05. The molecule has 1 atom stereocenters. The van der Waals surface area contributed by atoms with E-state index < -0.39 is 12.1 Å². The van der Waals surface area contributed by atoms with Gasteiger partial charge in [-0.2, -0.15) is 0 Å². The van der Waals surface area contributed by atoms with Crippen LogP contribution in [0, 0.1) is 0 Å². The van der Waals surface area contributed by atoms with Crippen LogP contribution in [-0.4, -0.2) is 53.7 Å². The second-order valence-corrected chi connectivity index (χ2v) is 8.34. The highest BCUT2D eigenvalue weighted by molar-refractivity contribution is 5.80. The zero-order valence-corrected chi connectivity index (χ0v) is 18.0. The van der Waals surface area contributed by atoms with Gasteiger partial charge in [0.1, 0.15) is 6.61 Å². The molecule has 1 fully saturated rings. The Bertz CT molecular complexity index is 960. The first kappa shape index (κ1) is 21.9. The number of carboxylic acids is 1. The quantitative estimate of drug-likeness (QED) is 0.689. The van der Waals surface area contributed by atoms with Crippen molar-refractivity contribution in [2.45, 2.75) is 44.1 Å². The van der Waals surface area contributed by atoms with Gasteiger partial charge in [-0.1, -0.05) is 48.5 Å². The number of aliphatic carboxylic acids is 1. The molecule has 7 heteroatoms. The predicted molar refractivity (Wildman–Crippen MR) is 119 cm³/mol. The third-order valence-corrected chi connectivity index (χ3v) is 6.31. The number of ether oxygens (including phenoxy) is 1. The molecule has 2 N–H and O–H groups in total. The van der Waals surface area contributed by atoms with Crippen molar-refractivity contribution in [3.63, 3.8) is 0 Å². The van der Waals surface area contributed by atoms with Gasteiger partial charge in [0.05, 0.1) is 6.42 Å². The van der Waals surface area contributed by atoms with Crippen LogP contribution in [0.25, 0.3) is 11.1 Å². The van der Waals surface area contributed by atoms with Gasteiger partial charge >= 0.3 is 12.1 Å². The maximum atomic E-state index is 12.6. The Morgan fingerprint density at radius 2 is 1.66 bits per heavy atom. The van der Waals surface area contributed by atoms with Crippen molar-refractivity contribution in [2.75, 3.05) is 19.7 Å². The van der Waals surface area contributed by atoms with E-state index in [9.17, 15) is 14.4 Å². The summed E-state index contributed by atoms with van der Waals surface area (Å²) in [5.74, 6) is -1.04. The van der Waals surface area contributed by atoms with Gasteiger partial charge in [-0.3, -0.25) is 9.59 Å². The molecule has 2 aromatic carbocycles. The SMILES string of the molecule is O=C(O)C[C@@H]1CCCCN1C(=O)CCNC(=O)OCC1c2ccccc2-c2ccccc21. The number of piperidine rings is 1. The Balaban J connectivity index is 1.27. The monoisotopic (exact) mass is 436 g/mol. The lowest BCUT2D eigenvalue weighted by Crippen LogP contribution is -2.45. The molecular formula is C25H28N2O5. The molecule has 0 bridgehead atoms. The van der Waals surface area contributed by atoms with E-state index in [2.05, 4.69) is 29.6 Å². The number of nitrogens with one attached hydrogen (secondary N) is 1. The summed E-state index contributed by atoms with van der Waals surface area (Å²) in [7, 11) is 0. The fourth-order valence-electron chi connectivity index (χ4n) is 4.81. The van der Waals surface area contributed by atoms with Gasteiger partial charge in [0.2, 0.25) is 5.91 Å². The molecule has 0 saturated carbocycles. The number of carbonyl (C=O) groups is 3. The fourth-order valence-corrected chi connectivity index (χ4v) is 4.81. The lowest BCUT2D eigenvalue weighted by Gasteiger charge is -2.35. The van der Waals surface area contributed by atoms with Gasteiger partial charge in [-0.05, 0) is 41.5 Å². The number of carboxylic acid groups (broad SMARTS) is 1. The van der Waals surface area contributed by atoms with Crippen molar-refractivity contribution >= 4 is 18.0 Å². The van der Waals surface area contributed by atoms with Crippen LogP contribution in [0.1, 0.15) is 49.1 Å². The van der Waals surface area contributed by atoms with E-state index in [-0.39, 0.29) is 43.9 Å². The Morgan fingerprint density at radius 3 is 2.31 bits per heavy atom. The first-order chi connectivity index (χ1) is 15.5. The van der Waals surface area contributed by atoms with E-state index in [0.29, 0.717) is 13.0 Å². The summed E-state index contributed by atoms with van der Waals surface area (Å²) in [5, 5.41) is 11.7. The number of likely N-dealkylation sites (tertiary alicyclic amines) is 1. The molecule has 7 nitrogen and oxygen atoms in total. The molecule has 0 unspecified atom stereocenters. The van der Waals surface area contributed by atoms with E-state index in [1.165, 1.54) is 11.1 Å². The number of nitrogens with zero attached hydrogens (tertiary/aromatic N) is 1. The highest BCUT2D eigenvalue weighted by Gasteiger charge is 2.30. The number of hydrogen-bond acceptors (Lipinski definition) is 4. The van der Waals surface area contributed by atoms with Crippen LogP contribution in [0.2, 0.25) is 0 Å². The van der Waals surface area contributed by atoms with Gasteiger partial charge in [0.25, 0.3) is 0 Å². The molecule has 0 spiro atoms. The van der Waals surface area contributed by atoms with Crippen molar-refractivity contribution in [1.29, 1.82) is 0 Å². The highest BCUT2D eigenvalue weighted by atomic mass is 16.5. The summed E-state index contributed by atoms with van der Waals surface area (Å²) in [4.78, 5) is 37.5. The van der Waals surface area contributed by atoms with Gasteiger partial charge < -0.3 is 20.1 Å². The number of alkyl carbamates (subject to hydrolysis) is 1. The number of amides is 2. The second kappa shape index (κ2) is 9.85.